The zero-order valence-corrected chi connectivity index (χ0v) is 16.8. The molecule has 0 aliphatic heterocycles. The van der Waals surface area contributed by atoms with Gasteiger partial charge in [0.25, 0.3) is 5.56 Å². The zero-order chi connectivity index (χ0) is 19.6. The normalized spacial score (nSPS) is 11.7. The van der Waals surface area contributed by atoms with Crippen molar-refractivity contribution >= 4 is 22.9 Å². The van der Waals surface area contributed by atoms with Crippen LogP contribution in [0.1, 0.15) is 39.4 Å². The van der Waals surface area contributed by atoms with Gasteiger partial charge in [-0.25, -0.2) is 14.5 Å². The average Bonchev–Trinajstić information content (AvgIpc) is 3.17. The molecule has 0 aromatic carbocycles. The van der Waals surface area contributed by atoms with Gasteiger partial charge in [0.1, 0.15) is 5.82 Å². The Kier molecular flexibility index (Phi) is 5.78. The van der Waals surface area contributed by atoms with Gasteiger partial charge in [-0.3, -0.25) is 14.3 Å². The van der Waals surface area contributed by atoms with E-state index in [0.717, 1.165) is 19.4 Å². The third-order valence-electron chi connectivity index (χ3n) is 4.21. The second-order valence-corrected chi connectivity index (χ2v) is 7.79. The number of hydrogen-bond acceptors (Lipinski definition) is 7. The molecule has 0 radical (unpaired) electrons. The topological polar surface area (TPSA) is 116 Å². The van der Waals surface area contributed by atoms with E-state index in [1.165, 1.54) is 16.3 Å². The summed E-state index contributed by atoms with van der Waals surface area (Å²) in [5.74, 6) is 1.61. The largest absolute Gasteiger partial charge is 0.330 e. The quantitative estimate of drug-likeness (QED) is 0.572. The van der Waals surface area contributed by atoms with Gasteiger partial charge < -0.3 is 4.57 Å². The maximum Gasteiger partial charge on any atom is 0.330 e. The van der Waals surface area contributed by atoms with Crippen molar-refractivity contribution < 1.29 is 0 Å². The van der Waals surface area contributed by atoms with Crippen LogP contribution < -0.4 is 11.2 Å². The first-order chi connectivity index (χ1) is 12.9. The molecule has 0 unspecified atom stereocenters. The number of H-pyrrole nitrogens is 1. The molecule has 3 heterocycles. The number of nitrogens with one attached hydrogen (secondary N) is 1. The van der Waals surface area contributed by atoms with Gasteiger partial charge in [-0.1, -0.05) is 39.0 Å². The molecule has 0 aliphatic rings. The number of tetrazole rings is 1. The number of aryl methyl sites for hydroxylation is 2. The molecule has 3 aromatic rings. The summed E-state index contributed by atoms with van der Waals surface area (Å²) < 4.78 is 5.04. The van der Waals surface area contributed by atoms with Crippen LogP contribution in [0.3, 0.4) is 0 Å². The number of rotatable bonds is 8. The van der Waals surface area contributed by atoms with Crippen molar-refractivity contribution in [2.45, 2.75) is 57.6 Å². The van der Waals surface area contributed by atoms with E-state index in [4.69, 9.17) is 0 Å². The minimum Gasteiger partial charge on any atom is -0.325 e. The van der Waals surface area contributed by atoms with Crippen molar-refractivity contribution in [1.29, 1.82) is 0 Å². The van der Waals surface area contributed by atoms with Gasteiger partial charge >= 0.3 is 5.69 Å². The van der Waals surface area contributed by atoms with E-state index in [1.54, 1.807) is 16.3 Å². The van der Waals surface area contributed by atoms with Crippen LogP contribution in [0.4, 0.5) is 0 Å². The predicted octanol–water partition coefficient (Wildman–Crippen LogP) is 1.16. The summed E-state index contributed by atoms with van der Waals surface area (Å²) in [6.45, 7) is 7.51. The Bertz CT molecular complexity index is 1050. The summed E-state index contributed by atoms with van der Waals surface area (Å²) in [5.41, 5.74) is -0.00193. The predicted molar refractivity (Wildman–Crippen MR) is 103 cm³/mol. The van der Waals surface area contributed by atoms with Crippen molar-refractivity contribution in [3.8, 4) is 0 Å². The molecule has 27 heavy (non-hydrogen) atoms. The van der Waals surface area contributed by atoms with Gasteiger partial charge in [-0.05, 0) is 22.8 Å². The molecule has 0 spiro atoms. The minimum atomic E-state index is -0.418. The lowest BCUT2D eigenvalue weighted by atomic mass is 10.2. The third kappa shape index (κ3) is 3.97. The van der Waals surface area contributed by atoms with E-state index in [9.17, 15) is 9.59 Å². The van der Waals surface area contributed by atoms with Crippen molar-refractivity contribution in [2.75, 3.05) is 0 Å². The number of imidazole rings is 1. The molecule has 0 fully saturated rings. The van der Waals surface area contributed by atoms with Gasteiger partial charge in [-0.2, -0.15) is 0 Å². The number of aromatic amines is 1. The van der Waals surface area contributed by atoms with Crippen LogP contribution in [-0.2, 0) is 25.9 Å². The molecule has 1 N–H and O–H groups in total. The molecule has 3 aromatic heterocycles. The fourth-order valence-corrected chi connectivity index (χ4v) is 3.70. The zero-order valence-electron chi connectivity index (χ0n) is 16.0. The van der Waals surface area contributed by atoms with Gasteiger partial charge in [-0.15, -0.1) is 5.10 Å². The average molecular weight is 392 g/mol. The fraction of sp³-hybridized carbons (Fsp3) is 0.625. The Morgan fingerprint density at radius 1 is 1.26 bits per heavy atom. The third-order valence-corrected chi connectivity index (χ3v) is 5.16. The summed E-state index contributed by atoms with van der Waals surface area (Å²) in [6, 6.07) is 0. The summed E-state index contributed by atoms with van der Waals surface area (Å²) >= 11 is 1.46. The molecule has 3 rings (SSSR count). The second-order valence-electron chi connectivity index (χ2n) is 6.85. The van der Waals surface area contributed by atoms with Gasteiger partial charge in [0.2, 0.25) is 5.16 Å². The molecule has 0 atom stereocenters. The van der Waals surface area contributed by atoms with Crippen LogP contribution in [0.5, 0.6) is 0 Å². The molecule has 0 saturated carbocycles. The molecule has 146 valence electrons. The lowest BCUT2D eigenvalue weighted by Crippen LogP contribution is -2.31. The summed E-state index contributed by atoms with van der Waals surface area (Å²) in [7, 11) is 1.78. The van der Waals surface area contributed by atoms with E-state index >= 15 is 0 Å². The second kappa shape index (κ2) is 8.07. The number of unbranched alkanes of at least 4 members (excludes halogenated alkanes) is 1. The number of thioether (sulfide) groups is 1. The Labute approximate surface area is 160 Å². The van der Waals surface area contributed by atoms with Crippen molar-refractivity contribution in [2.24, 2.45) is 13.0 Å². The molecule has 0 amide bonds. The van der Waals surface area contributed by atoms with E-state index in [-0.39, 0.29) is 0 Å². The van der Waals surface area contributed by atoms with Crippen molar-refractivity contribution in [3.63, 3.8) is 0 Å². The minimum absolute atomic E-state index is 0.406. The van der Waals surface area contributed by atoms with Crippen LogP contribution in [0.2, 0.25) is 0 Å². The molecule has 11 heteroatoms. The number of fused-ring (bicyclic) bond motifs is 1. The molecule has 0 aliphatic carbocycles. The maximum atomic E-state index is 12.3. The lowest BCUT2D eigenvalue weighted by Gasteiger charge is -2.06. The highest BCUT2D eigenvalue weighted by Crippen LogP contribution is 2.21. The number of nitrogens with zero attached hydrogens (tertiary/aromatic N) is 7. The fourth-order valence-electron chi connectivity index (χ4n) is 2.83. The first-order valence-electron chi connectivity index (χ1n) is 8.99. The monoisotopic (exact) mass is 392 g/mol. The molecule has 0 bridgehead atoms. The Hall–Kier alpha value is -2.43. The van der Waals surface area contributed by atoms with Crippen LogP contribution in [0.25, 0.3) is 11.2 Å². The van der Waals surface area contributed by atoms with Crippen molar-refractivity contribution in [3.05, 3.63) is 26.7 Å². The highest BCUT2D eigenvalue weighted by Gasteiger charge is 2.17. The Morgan fingerprint density at radius 3 is 2.74 bits per heavy atom. The molecular formula is C16H24N8O2S. The van der Waals surface area contributed by atoms with Crippen molar-refractivity contribution in [1.82, 2.24) is 39.3 Å². The van der Waals surface area contributed by atoms with Gasteiger partial charge in [0, 0.05) is 20.1 Å². The Balaban J connectivity index is 1.93. The molecular weight excluding hydrogens is 368 g/mol. The summed E-state index contributed by atoms with van der Waals surface area (Å²) in [6.07, 6.45) is 1.78. The Morgan fingerprint density at radius 2 is 2.04 bits per heavy atom. The first kappa shape index (κ1) is 19.3. The lowest BCUT2D eigenvalue weighted by molar-refractivity contribution is 0.445. The standard InChI is InChI=1S/C16H24N8O2S/c1-5-6-7-23-13-12(14(25)18-15(23)26)22(4)11(17-13)9-27-16-19-20-21-24(16)8-10(2)3/h10H,5-9H2,1-4H3,(H,18,25,26). The highest BCUT2D eigenvalue weighted by atomic mass is 32.2. The van der Waals surface area contributed by atoms with Gasteiger partial charge in [0.05, 0.1) is 5.75 Å². The van der Waals surface area contributed by atoms with E-state index < -0.39 is 11.2 Å². The van der Waals surface area contributed by atoms with E-state index in [2.05, 4.69) is 46.3 Å². The summed E-state index contributed by atoms with van der Waals surface area (Å²) in [5, 5.41) is 12.5. The SMILES string of the molecule is CCCCn1c(=O)[nH]c(=O)c2c1nc(CSc1nnnn1CC(C)C)n2C. The van der Waals surface area contributed by atoms with Crippen LogP contribution in [-0.4, -0.2) is 39.3 Å². The smallest absolute Gasteiger partial charge is 0.325 e. The van der Waals surface area contributed by atoms with Gasteiger partial charge in [0.15, 0.2) is 11.2 Å². The van der Waals surface area contributed by atoms with Crippen LogP contribution in [0.15, 0.2) is 14.7 Å². The van der Waals surface area contributed by atoms with E-state index in [0.29, 0.717) is 40.4 Å². The summed E-state index contributed by atoms with van der Waals surface area (Å²) in [4.78, 5) is 31.5. The van der Waals surface area contributed by atoms with E-state index in [1.807, 2.05) is 0 Å². The number of aromatic nitrogens is 8. The first-order valence-corrected chi connectivity index (χ1v) is 9.98. The van der Waals surface area contributed by atoms with Crippen LogP contribution in [0, 0.1) is 5.92 Å². The maximum absolute atomic E-state index is 12.3. The molecule has 0 saturated heterocycles. The highest BCUT2D eigenvalue weighted by molar-refractivity contribution is 7.98. The molecule has 10 nitrogen and oxygen atoms in total. The number of hydrogen-bond donors (Lipinski definition) is 1. The van der Waals surface area contributed by atoms with Crippen LogP contribution >= 0.6 is 11.8 Å².